The fourth-order valence-electron chi connectivity index (χ4n) is 3.12. The molecule has 2 heterocycles. The smallest absolute Gasteiger partial charge is 0.194 e. The van der Waals surface area contributed by atoms with E-state index in [-0.39, 0.29) is 11.3 Å². The molecule has 0 bridgehead atoms. The molecule has 1 fully saturated rings. The van der Waals surface area contributed by atoms with Gasteiger partial charge < -0.3 is 20.1 Å². The highest BCUT2D eigenvalue weighted by atomic mass is 32.2. The molecule has 0 saturated carbocycles. The minimum absolute atomic E-state index is 0.0319. The Kier molecular flexibility index (Phi) is 7.17. The first-order valence-corrected chi connectivity index (χ1v) is 10.2. The number of unbranched alkanes of at least 4 members (excludes halogenated alkanes) is 1. The van der Waals surface area contributed by atoms with Gasteiger partial charge in [0.1, 0.15) is 35.5 Å². The summed E-state index contributed by atoms with van der Waals surface area (Å²) in [5.74, 6) is -3.60. The zero-order valence-corrected chi connectivity index (χ0v) is 16.4. The standard InChI is InChI=1S/C18H22F3N3O4S/c1-2-3-4-29-18-17(27)15(16(26)13(8-25)28-18)24-7-12(22-23-24)9-5-10(19)14(21)11(20)6-9/h5-7,13,15-18,25-27H,2-4,8H2,1H3. The summed E-state index contributed by atoms with van der Waals surface area (Å²) in [4.78, 5) is 0. The third-order valence-corrected chi connectivity index (χ3v) is 5.97. The van der Waals surface area contributed by atoms with Crippen molar-refractivity contribution in [2.75, 3.05) is 12.4 Å². The van der Waals surface area contributed by atoms with Crippen molar-refractivity contribution in [3.63, 3.8) is 0 Å². The van der Waals surface area contributed by atoms with Crippen molar-refractivity contribution in [2.24, 2.45) is 0 Å². The van der Waals surface area contributed by atoms with Gasteiger partial charge in [-0.2, -0.15) is 0 Å². The molecular formula is C18H22F3N3O4S. The molecule has 0 amide bonds. The van der Waals surface area contributed by atoms with Gasteiger partial charge in [0.05, 0.1) is 12.8 Å². The lowest BCUT2D eigenvalue weighted by Crippen LogP contribution is -2.55. The number of hydrogen-bond acceptors (Lipinski definition) is 7. The first-order valence-electron chi connectivity index (χ1n) is 9.18. The molecule has 1 saturated heterocycles. The molecule has 0 spiro atoms. The maximum Gasteiger partial charge on any atom is 0.194 e. The summed E-state index contributed by atoms with van der Waals surface area (Å²) in [6, 6.07) is 0.559. The van der Waals surface area contributed by atoms with E-state index in [2.05, 4.69) is 10.3 Å². The van der Waals surface area contributed by atoms with E-state index >= 15 is 0 Å². The van der Waals surface area contributed by atoms with E-state index in [4.69, 9.17) is 4.74 Å². The van der Waals surface area contributed by atoms with Crippen molar-refractivity contribution < 1.29 is 33.2 Å². The number of thioether (sulfide) groups is 1. The predicted octanol–water partition coefficient (Wildman–Crippen LogP) is 1.88. The number of rotatable bonds is 7. The maximum absolute atomic E-state index is 13.5. The second-order valence-electron chi connectivity index (χ2n) is 6.76. The number of ether oxygens (including phenoxy) is 1. The van der Waals surface area contributed by atoms with E-state index in [0.29, 0.717) is 0 Å². The van der Waals surface area contributed by atoms with Crippen LogP contribution in [0, 0.1) is 17.5 Å². The van der Waals surface area contributed by atoms with Crippen LogP contribution in [0.2, 0.25) is 0 Å². The van der Waals surface area contributed by atoms with Crippen LogP contribution in [0.4, 0.5) is 13.2 Å². The topological polar surface area (TPSA) is 101 Å². The Morgan fingerprint density at radius 1 is 1.17 bits per heavy atom. The van der Waals surface area contributed by atoms with Gasteiger partial charge in [0.15, 0.2) is 17.5 Å². The summed E-state index contributed by atoms with van der Waals surface area (Å²) in [6.45, 7) is 1.56. The SMILES string of the molecule is CCCCSC1OC(CO)C(O)C(n2cc(-c3cc(F)c(F)c(F)c3)nn2)C1O. The van der Waals surface area contributed by atoms with Crippen LogP contribution < -0.4 is 0 Å². The highest BCUT2D eigenvalue weighted by Gasteiger charge is 2.46. The van der Waals surface area contributed by atoms with Gasteiger partial charge in [0.25, 0.3) is 0 Å². The van der Waals surface area contributed by atoms with Gasteiger partial charge in [-0.3, -0.25) is 0 Å². The molecule has 1 aromatic carbocycles. The monoisotopic (exact) mass is 433 g/mol. The molecule has 0 aliphatic carbocycles. The van der Waals surface area contributed by atoms with Gasteiger partial charge in [-0.1, -0.05) is 18.6 Å². The van der Waals surface area contributed by atoms with Gasteiger partial charge in [0, 0.05) is 5.56 Å². The van der Waals surface area contributed by atoms with E-state index in [1.807, 2.05) is 6.92 Å². The third kappa shape index (κ3) is 4.58. The van der Waals surface area contributed by atoms with Crippen LogP contribution in [-0.4, -0.2) is 66.4 Å². The van der Waals surface area contributed by atoms with E-state index in [0.717, 1.165) is 30.7 Å². The highest BCUT2D eigenvalue weighted by Crippen LogP contribution is 2.35. The fraction of sp³-hybridized carbons (Fsp3) is 0.556. The number of hydrogen-bond donors (Lipinski definition) is 3. The first-order chi connectivity index (χ1) is 13.9. The number of halogens is 3. The first kappa shape index (κ1) is 22.0. The van der Waals surface area contributed by atoms with Crippen LogP contribution in [0.5, 0.6) is 0 Å². The lowest BCUT2D eigenvalue weighted by atomic mass is 9.97. The molecule has 5 unspecified atom stereocenters. The molecule has 1 aliphatic rings. The summed E-state index contributed by atoms with van der Waals surface area (Å²) >= 11 is 1.36. The zero-order valence-electron chi connectivity index (χ0n) is 15.6. The Labute approximate surface area is 169 Å². The van der Waals surface area contributed by atoms with Gasteiger partial charge >= 0.3 is 0 Å². The number of aliphatic hydroxyl groups excluding tert-OH is 3. The molecule has 3 rings (SSSR count). The van der Waals surface area contributed by atoms with Crippen molar-refractivity contribution in [1.29, 1.82) is 0 Å². The summed E-state index contributed by atoms with van der Waals surface area (Å²) in [5.41, 5.74) is -0.721. The van der Waals surface area contributed by atoms with Crippen molar-refractivity contribution in [3.05, 3.63) is 35.8 Å². The highest BCUT2D eigenvalue weighted by molar-refractivity contribution is 7.99. The van der Waals surface area contributed by atoms with E-state index < -0.39 is 53.8 Å². The van der Waals surface area contributed by atoms with Crippen molar-refractivity contribution in [1.82, 2.24) is 15.0 Å². The van der Waals surface area contributed by atoms with E-state index in [1.54, 1.807) is 0 Å². The Hall–Kier alpha value is -1.66. The lowest BCUT2D eigenvalue weighted by molar-refractivity contribution is -0.178. The minimum Gasteiger partial charge on any atom is -0.394 e. The Bertz CT molecular complexity index is 817. The average Bonchev–Trinajstić information content (AvgIpc) is 3.17. The Morgan fingerprint density at radius 2 is 1.86 bits per heavy atom. The van der Waals surface area contributed by atoms with Crippen molar-refractivity contribution in [3.8, 4) is 11.3 Å². The lowest BCUT2D eigenvalue weighted by Gasteiger charge is -2.41. The van der Waals surface area contributed by atoms with Crippen LogP contribution in [0.3, 0.4) is 0 Å². The van der Waals surface area contributed by atoms with Crippen LogP contribution in [0.25, 0.3) is 11.3 Å². The van der Waals surface area contributed by atoms with Crippen LogP contribution in [0.1, 0.15) is 25.8 Å². The van der Waals surface area contributed by atoms with Gasteiger partial charge in [0.2, 0.25) is 0 Å². The van der Waals surface area contributed by atoms with Gasteiger partial charge in [-0.05, 0) is 24.3 Å². The maximum atomic E-state index is 13.5. The average molecular weight is 433 g/mol. The van der Waals surface area contributed by atoms with Gasteiger partial charge in [-0.15, -0.1) is 16.9 Å². The van der Waals surface area contributed by atoms with Crippen LogP contribution >= 0.6 is 11.8 Å². The Morgan fingerprint density at radius 3 is 2.48 bits per heavy atom. The molecule has 1 aliphatic heterocycles. The van der Waals surface area contributed by atoms with Crippen molar-refractivity contribution >= 4 is 11.8 Å². The third-order valence-electron chi connectivity index (χ3n) is 4.72. The van der Waals surface area contributed by atoms with Crippen LogP contribution in [0.15, 0.2) is 18.3 Å². The van der Waals surface area contributed by atoms with Crippen molar-refractivity contribution in [2.45, 2.75) is 49.6 Å². The number of aliphatic hydroxyl groups is 3. The van der Waals surface area contributed by atoms with E-state index in [9.17, 15) is 28.5 Å². The molecule has 11 heteroatoms. The number of nitrogens with zero attached hydrogens (tertiary/aromatic N) is 3. The molecule has 29 heavy (non-hydrogen) atoms. The number of benzene rings is 1. The summed E-state index contributed by atoms with van der Waals surface area (Å²) in [6.07, 6.45) is -0.265. The van der Waals surface area contributed by atoms with Gasteiger partial charge in [-0.25, -0.2) is 17.9 Å². The molecule has 0 radical (unpaired) electrons. The molecule has 3 N–H and O–H groups in total. The molecule has 7 nitrogen and oxygen atoms in total. The largest absolute Gasteiger partial charge is 0.394 e. The Balaban J connectivity index is 1.87. The second-order valence-corrected chi connectivity index (χ2v) is 7.97. The van der Waals surface area contributed by atoms with E-state index in [1.165, 1.54) is 22.6 Å². The quantitative estimate of drug-likeness (QED) is 0.453. The minimum atomic E-state index is -1.59. The number of aromatic nitrogens is 3. The zero-order chi connectivity index (χ0) is 21.1. The molecule has 160 valence electrons. The van der Waals surface area contributed by atoms with Crippen LogP contribution in [-0.2, 0) is 4.74 Å². The normalized spacial score (nSPS) is 27.3. The summed E-state index contributed by atoms with van der Waals surface area (Å²) < 4.78 is 47.0. The fourth-order valence-corrected chi connectivity index (χ4v) is 4.39. The second kappa shape index (κ2) is 9.43. The molecule has 5 atom stereocenters. The molecular weight excluding hydrogens is 411 g/mol. The molecule has 2 aromatic rings. The summed E-state index contributed by atoms with van der Waals surface area (Å²) in [7, 11) is 0. The molecule has 1 aromatic heterocycles. The predicted molar refractivity (Wildman–Crippen MR) is 99.5 cm³/mol. The summed E-state index contributed by atoms with van der Waals surface area (Å²) in [5, 5.41) is 38.5.